The zero-order valence-corrected chi connectivity index (χ0v) is 16.8. The fourth-order valence-electron chi connectivity index (χ4n) is 1.78. The van der Waals surface area contributed by atoms with E-state index in [1.54, 1.807) is 11.3 Å². The van der Waals surface area contributed by atoms with Crippen molar-refractivity contribution in [1.82, 2.24) is 4.90 Å². The smallest absolute Gasteiger partial charge is 0.255 e. The van der Waals surface area contributed by atoms with Crippen molar-refractivity contribution in [3.63, 3.8) is 0 Å². The average molecular weight is 529 g/mol. The molecule has 1 heterocycles. The molecule has 1 aromatic carbocycles. The third-order valence-electron chi connectivity index (χ3n) is 2.80. The Balaban J connectivity index is 2.22. The Morgan fingerprint density at radius 3 is 2.65 bits per heavy atom. The quantitative estimate of drug-likeness (QED) is 0.477. The van der Waals surface area contributed by atoms with Crippen LogP contribution in [0.5, 0.6) is 0 Å². The first-order valence-electron chi connectivity index (χ1n) is 5.99. The van der Waals surface area contributed by atoms with Crippen LogP contribution in [0, 0.1) is 3.57 Å². The molecule has 0 saturated carbocycles. The molecule has 0 radical (unpaired) electrons. The molecule has 2 rings (SSSR count). The van der Waals surface area contributed by atoms with Crippen LogP contribution >= 0.6 is 65.8 Å². The lowest BCUT2D eigenvalue weighted by molar-refractivity contribution is 0.0753. The number of halogens is 3. The highest BCUT2D eigenvalue weighted by Gasteiger charge is 2.18. The molecule has 0 fully saturated rings. The normalized spacial score (nSPS) is 10.6. The summed E-state index contributed by atoms with van der Waals surface area (Å²) in [5.41, 5.74) is 0.748. The summed E-state index contributed by atoms with van der Waals surface area (Å²) in [5, 5.41) is 0. The second-order valence-electron chi connectivity index (χ2n) is 4.15. The largest absolute Gasteiger partial charge is 0.334 e. The number of hydrogen-bond acceptors (Lipinski definition) is 2. The molecule has 20 heavy (non-hydrogen) atoms. The minimum atomic E-state index is 0.0720. The highest BCUT2D eigenvalue weighted by Crippen LogP contribution is 2.25. The van der Waals surface area contributed by atoms with Crippen molar-refractivity contribution in [3.8, 4) is 0 Å². The molecule has 106 valence electrons. The molecule has 6 heteroatoms. The number of benzene rings is 1. The molecule has 0 aliphatic rings. The van der Waals surface area contributed by atoms with E-state index in [1.165, 1.54) is 4.88 Å². The van der Waals surface area contributed by atoms with Crippen LogP contribution in [0.25, 0.3) is 0 Å². The minimum Gasteiger partial charge on any atom is -0.334 e. The topological polar surface area (TPSA) is 20.3 Å². The van der Waals surface area contributed by atoms with Gasteiger partial charge in [0.15, 0.2) is 0 Å². The Bertz CT molecular complexity index is 629. The van der Waals surface area contributed by atoms with Crippen molar-refractivity contribution >= 4 is 71.7 Å². The van der Waals surface area contributed by atoms with E-state index in [0.29, 0.717) is 13.1 Å². The Hall–Kier alpha value is 0.0800. The van der Waals surface area contributed by atoms with Gasteiger partial charge in [0.05, 0.1) is 15.9 Å². The van der Waals surface area contributed by atoms with Crippen LogP contribution in [-0.4, -0.2) is 17.4 Å². The van der Waals surface area contributed by atoms with Gasteiger partial charge in [0.1, 0.15) is 0 Å². The number of nitrogens with zero attached hydrogens (tertiary/aromatic N) is 1. The van der Waals surface area contributed by atoms with E-state index >= 15 is 0 Å². The molecule has 0 aliphatic heterocycles. The lowest BCUT2D eigenvalue weighted by Gasteiger charge is -2.21. The van der Waals surface area contributed by atoms with Crippen molar-refractivity contribution in [2.45, 2.75) is 13.5 Å². The first-order valence-corrected chi connectivity index (χ1v) is 9.48. The Labute approximate surface area is 153 Å². The van der Waals surface area contributed by atoms with Crippen molar-refractivity contribution in [1.29, 1.82) is 0 Å². The fraction of sp³-hybridized carbons (Fsp3) is 0.214. The van der Waals surface area contributed by atoms with Crippen molar-refractivity contribution in [2.24, 2.45) is 0 Å². The molecular formula is C14H12Br2INOS. The molecule has 2 aromatic rings. The maximum Gasteiger partial charge on any atom is 0.255 e. The molecule has 0 saturated heterocycles. The van der Waals surface area contributed by atoms with Crippen LogP contribution in [0.2, 0.25) is 0 Å². The minimum absolute atomic E-state index is 0.0720. The third-order valence-corrected chi connectivity index (χ3v) is 5.85. The SMILES string of the molecule is CCN(Cc1ccc(Br)s1)C(=O)c1cc(Br)ccc1I. The predicted molar refractivity (Wildman–Crippen MR) is 99.3 cm³/mol. The van der Waals surface area contributed by atoms with Gasteiger partial charge >= 0.3 is 0 Å². The maximum atomic E-state index is 12.7. The molecule has 0 N–H and O–H groups in total. The lowest BCUT2D eigenvalue weighted by Crippen LogP contribution is -2.30. The summed E-state index contributed by atoms with van der Waals surface area (Å²) >= 11 is 10.7. The summed E-state index contributed by atoms with van der Waals surface area (Å²) in [6, 6.07) is 9.85. The van der Waals surface area contributed by atoms with Gasteiger partial charge in [-0.25, -0.2) is 0 Å². The number of carbonyl (C=O) groups excluding carboxylic acids is 1. The molecule has 1 aromatic heterocycles. The van der Waals surface area contributed by atoms with Crippen LogP contribution in [0.15, 0.2) is 38.6 Å². The summed E-state index contributed by atoms with van der Waals surface area (Å²) in [6.45, 7) is 3.34. The number of thiophene rings is 1. The Kier molecular flexibility index (Phi) is 6.07. The van der Waals surface area contributed by atoms with Crippen LogP contribution in [-0.2, 0) is 6.54 Å². The summed E-state index contributed by atoms with van der Waals surface area (Å²) in [6.07, 6.45) is 0. The Morgan fingerprint density at radius 2 is 2.05 bits per heavy atom. The summed E-state index contributed by atoms with van der Waals surface area (Å²) in [4.78, 5) is 15.7. The molecule has 0 aliphatic carbocycles. The average Bonchev–Trinajstić information content (AvgIpc) is 2.83. The number of hydrogen-bond donors (Lipinski definition) is 0. The van der Waals surface area contributed by atoms with Gasteiger partial charge in [-0.05, 0) is 75.8 Å². The zero-order valence-electron chi connectivity index (χ0n) is 10.7. The van der Waals surface area contributed by atoms with Gasteiger partial charge in [0.25, 0.3) is 5.91 Å². The van der Waals surface area contributed by atoms with E-state index in [9.17, 15) is 4.79 Å². The summed E-state index contributed by atoms with van der Waals surface area (Å²) < 4.78 is 2.99. The first kappa shape index (κ1) is 16.5. The predicted octanol–water partition coefficient (Wildman–Crippen LogP) is 5.54. The van der Waals surface area contributed by atoms with Crippen LogP contribution in [0.4, 0.5) is 0 Å². The van der Waals surface area contributed by atoms with Gasteiger partial charge in [0.2, 0.25) is 0 Å². The van der Waals surface area contributed by atoms with Crippen LogP contribution in [0.3, 0.4) is 0 Å². The van der Waals surface area contributed by atoms with Crippen molar-refractivity contribution in [2.75, 3.05) is 6.54 Å². The molecule has 0 atom stereocenters. The van der Waals surface area contributed by atoms with E-state index in [-0.39, 0.29) is 5.91 Å². The number of rotatable bonds is 4. The molecule has 0 spiro atoms. The highest BCUT2D eigenvalue weighted by molar-refractivity contribution is 14.1. The van der Waals surface area contributed by atoms with Crippen molar-refractivity contribution in [3.05, 3.63) is 52.6 Å². The zero-order chi connectivity index (χ0) is 14.7. The molecule has 2 nitrogen and oxygen atoms in total. The van der Waals surface area contributed by atoms with Gasteiger partial charge in [-0.2, -0.15) is 0 Å². The number of amides is 1. The van der Waals surface area contributed by atoms with Gasteiger partial charge in [-0.15, -0.1) is 11.3 Å². The van der Waals surface area contributed by atoms with Crippen LogP contribution < -0.4 is 0 Å². The molecule has 1 amide bonds. The van der Waals surface area contributed by atoms with E-state index in [1.807, 2.05) is 36.1 Å². The van der Waals surface area contributed by atoms with Gasteiger partial charge < -0.3 is 4.90 Å². The summed E-state index contributed by atoms with van der Waals surface area (Å²) in [7, 11) is 0. The van der Waals surface area contributed by atoms with Gasteiger partial charge in [-0.3, -0.25) is 4.79 Å². The maximum absolute atomic E-state index is 12.7. The first-order chi connectivity index (χ1) is 9.51. The molecule has 0 bridgehead atoms. The van der Waals surface area contributed by atoms with Gasteiger partial charge in [0, 0.05) is 19.5 Å². The second kappa shape index (κ2) is 7.38. The standard InChI is InChI=1S/C14H12Br2INOS/c1-2-18(8-10-4-6-13(16)20-10)14(19)11-7-9(15)3-5-12(11)17/h3-7H,2,8H2,1H3. The molecule has 0 unspecified atom stereocenters. The van der Waals surface area contributed by atoms with E-state index in [4.69, 9.17) is 0 Å². The molecular weight excluding hydrogens is 517 g/mol. The highest BCUT2D eigenvalue weighted by atomic mass is 127. The fourth-order valence-corrected chi connectivity index (χ4v) is 4.21. The Morgan fingerprint density at radius 1 is 1.30 bits per heavy atom. The van der Waals surface area contributed by atoms with E-state index < -0.39 is 0 Å². The second-order valence-corrected chi connectivity index (χ2v) is 8.77. The lowest BCUT2D eigenvalue weighted by atomic mass is 10.2. The van der Waals surface area contributed by atoms with Crippen molar-refractivity contribution < 1.29 is 4.79 Å². The van der Waals surface area contributed by atoms with Crippen LogP contribution in [0.1, 0.15) is 22.2 Å². The number of carbonyl (C=O) groups is 1. The van der Waals surface area contributed by atoms with Gasteiger partial charge in [-0.1, -0.05) is 15.9 Å². The van der Waals surface area contributed by atoms with E-state index in [2.05, 4.69) is 60.5 Å². The third kappa shape index (κ3) is 4.05. The monoisotopic (exact) mass is 527 g/mol. The van der Waals surface area contributed by atoms with E-state index in [0.717, 1.165) is 17.4 Å². The summed E-state index contributed by atoms with van der Waals surface area (Å²) in [5.74, 6) is 0.0720.